The molecule has 0 aromatic heterocycles. The Morgan fingerprint density at radius 1 is 0.875 bits per heavy atom. The average Bonchev–Trinajstić information content (AvgIpc) is 2.60. The van der Waals surface area contributed by atoms with E-state index < -0.39 is 36.9 Å². The lowest BCUT2D eigenvalue weighted by molar-refractivity contribution is -0.157. The second-order valence-electron chi connectivity index (χ2n) is 6.41. The summed E-state index contributed by atoms with van der Waals surface area (Å²) in [5.74, 6) is -0.713. The van der Waals surface area contributed by atoms with Crippen LogP contribution in [0.25, 0.3) is 0 Å². The van der Waals surface area contributed by atoms with E-state index in [2.05, 4.69) is 6.92 Å². The van der Waals surface area contributed by atoms with Gasteiger partial charge in [-0.2, -0.15) is 0 Å². The molecule has 5 N–H and O–H groups in total. The van der Waals surface area contributed by atoms with Crippen molar-refractivity contribution in [1.29, 1.82) is 0 Å². The minimum atomic E-state index is -1.85. The lowest BCUT2D eigenvalue weighted by atomic mass is 10.0. The number of likely N-dealkylation sites (N-methyl/N-ethyl adjacent to an activating group) is 1. The monoisotopic (exact) mass is 349 g/mol. The van der Waals surface area contributed by atoms with E-state index in [1.54, 1.807) is 0 Å². The number of aliphatic hydroxyl groups is 5. The molecular formula is C17H35NO6. The third kappa shape index (κ3) is 8.94. The fraction of sp³-hybridized carbons (Fsp3) is 0.941. The molecule has 0 saturated heterocycles. The van der Waals surface area contributed by atoms with E-state index in [1.165, 1.54) is 44.1 Å². The highest BCUT2D eigenvalue weighted by Crippen LogP contribution is 2.10. The van der Waals surface area contributed by atoms with Crippen molar-refractivity contribution in [3.63, 3.8) is 0 Å². The summed E-state index contributed by atoms with van der Waals surface area (Å²) in [5, 5.41) is 47.0. The maximum atomic E-state index is 12.0. The molecule has 24 heavy (non-hydrogen) atoms. The number of nitrogens with zero attached hydrogens (tertiary/aromatic N) is 1. The van der Waals surface area contributed by atoms with Crippen LogP contribution in [0, 0.1) is 0 Å². The predicted molar refractivity (Wildman–Crippen MR) is 91.4 cm³/mol. The number of aliphatic hydroxyl groups excluding tert-OH is 5. The lowest BCUT2D eigenvalue weighted by Crippen LogP contribution is -2.52. The molecule has 144 valence electrons. The van der Waals surface area contributed by atoms with Gasteiger partial charge in [-0.15, -0.1) is 0 Å². The first kappa shape index (κ1) is 23.3. The standard InChI is InChI=1S/C17H35NO6/c1-3-4-5-6-7-8-9-10-11-18(2)17(24)16(23)15(22)14(21)13(20)12-19/h13-16,19-23H,3-12H2,1-2H3. The smallest absolute Gasteiger partial charge is 0.253 e. The van der Waals surface area contributed by atoms with Gasteiger partial charge in [-0.05, 0) is 6.42 Å². The zero-order valence-electron chi connectivity index (χ0n) is 15.0. The number of carbonyl (C=O) groups excluding carboxylic acids is 1. The van der Waals surface area contributed by atoms with Crippen LogP contribution in [0.15, 0.2) is 0 Å². The van der Waals surface area contributed by atoms with E-state index >= 15 is 0 Å². The molecule has 0 fully saturated rings. The molecule has 0 spiro atoms. The molecule has 0 aliphatic carbocycles. The summed E-state index contributed by atoms with van der Waals surface area (Å²) in [6, 6.07) is 0. The van der Waals surface area contributed by atoms with Crippen LogP contribution in [-0.2, 0) is 4.79 Å². The zero-order chi connectivity index (χ0) is 18.5. The van der Waals surface area contributed by atoms with E-state index in [0.717, 1.165) is 19.3 Å². The largest absolute Gasteiger partial charge is 0.394 e. The van der Waals surface area contributed by atoms with Gasteiger partial charge in [-0.1, -0.05) is 51.9 Å². The summed E-state index contributed by atoms with van der Waals surface area (Å²) >= 11 is 0. The molecule has 4 atom stereocenters. The third-order valence-electron chi connectivity index (χ3n) is 4.23. The molecule has 1 amide bonds. The van der Waals surface area contributed by atoms with E-state index in [4.69, 9.17) is 5.11 Å². The van der Waals surface area contributed by atoms with Gasteiger partial charge in [0.25, 0.3) is 5.91 Å². The predicted octanol–water partition coefficient (Wildman–Crippen LogP) is 0.0214. The van der Waals surface area contributed by atoms with Crippen LogP contribution in [0.2, 0.25) is 0 Å². The van der Waals surface area contributed by atoms with E-state index in [1.807, 2.05) is 0 Å². The highest BCUT2D eigenvalue weighted by molar-refractivity contribution is 5.81. The number of carbonyl (C=O) groups is 1. The molecule has 7 heteroatoms. The molecule has 0 aromatic rings. The molecule has 0 aromatic carbocycles. The summed E-state index contributed by atoms with van der Waals surface area (Å²) in [4.78, 5) is 13.3. The Labute approximate surface area is 144 Å². The summed E-state index contributed by atoms with van der Waals surface area (Å²) < 4.78 is 0. The Morgan fingerprint density at radius 3 is 1.88 bits per heavy atom. The number of rotatable bonds is 14. The second kappa shape index (κ2) is 13.5. The lowest BCUT2D eigenvalue weighted by Gasteiger charge is -2.28. The van der Waals surface area contributed by atoms with Crippen molar-refractivity contribution in [1.82, 2.24) is 4.90 Å². The fourth-order valence-corrected chi connectivity index (χ4v) is 2.49. The normalized spacial score (nSPS) is 16.5. The van der Waals surface area contributed by atoms with Crippen molar-refractivity contribution in [2.24, 2.45) is 0 Å². The van der Waals surface area contributed by atoms with Crippen LogP contribution in [-0.4, -0.2) is 81.0 Å². The number of unbranched alkanes of at least 4 members (excludes halogenated alkanes) is 7. The molecule has 0 aliphatic heterocycles. The van der Waals surface area contributed by atoms with Crippen molar-refractivity contribution >= 4 is 5.91 Å². The Bertz CT molecular complexity index is 328. The summed E-state index contributed by atoms with van der Waals surface area (Å²) in [6.07, 6.45) is 2.02. The van der Waals surface area contributed by atoms with Gasteiger partial charge >= 0.3 is 0 Å². The first-order valence-electron chi connectivity index (χ1n) is 8.94. The molecule has 0 rings (SSSR count). The van der Waals surface area contributed by atoms with Crippen LogP contribution in [0.1, 0.15) is 58.3 Å². The van der Waals surface area contributed by atoms with Gasteiger partial charge in [0.15, 0.2) is 6.10 Å². The number of hydrogen-bond donors (Lipinski definition) is 5. The van der Waals surface area contributed by atoms with Crippen molar-refractivity contribution in [3.8, 4) is 0 Å². The molecule has 4 unspecified atom stereocenters. The highest BCUT2D eigenvalue weighted by Gasteiger charge is 2.35. The summed E-state index contributed by atoms with van der Waals surface area (Å²) in [7, 11) is 1.52. The van der Waals surface area contributed by atoms with Gasteiger partial charge in [0.05, 0.1) is 6.61 Å². The molecule has 0 radical (unpaired) electrons. The minimum Gasteiger partial charge on any atom is -0.394 e. The molecule has 0 bridgehead atoms. The van der Waals surface area contributed by atoms with Crippen LogP contribution in [0.5, 0.6) is 0 Å². The number of hydrogen-bond acceptors (Lipinski definition) is 6. The molecule has 0 aliphatic rings. The van der Waals surface area contributed by atoms with Crippen LogP contribution >= 0.6 is 0 Å². The van der Waals surface area contributed by atoms with Crippen molar-refractivity contribution in [2.45, 2.75) is 82.7 Å². The quantitative estimate of drug-likeness (QED) is 0.282. The van der Waals surface area contributed by atoms with Crippen molar-refractivity contribution < 1.29 is 30.3 Å². The van der Waals surface area contributed by atoms with Gasteiger partial charge in [0.1, 0.15) is 18.3 Å². The highest BCUT2D eigenvalue weighted by atomic mass is 16.4. The first-order chi connectivity index (χ1) is 11.4. The summed E-state index contributed by atoms with van der Waals surface area (Å²) in [5.41, 5.74) is 0. The zero-order valence-corrected chi connectivity index (χ0v) is 15.0. The Balaban J connectivity index is 4.00. The van der Waals surface area contributed by atoms with Gasteiger partial charge in [-0.25, -0.2) is 0 Å². The molecule has 7 nitrogen and oxygen atoms in total. The average molecular weight is 349 g/mol. The third-order valence-corrected chi connectivity index (χ3v) is 4.23. The van der Waals surface area contributed by atoms with Gasteiger partial charge in [0.2, 0.25) is 0 Å². The Hall–Kier alpha value is -0.730. The van der Waals surface area contributed by atoms with Gasteiger partial charge < -0.3 is 30.4 Å². The maximum Gasteiger partial charge on any atom is 0.253 e. The Morgan fingerprint density at radius 2 is 1.38 bits per heavy atom. The first-order valence-corrected chi connectivity index (χ1v) is 8.94. The SMILES string of the molecule is CCCCCCCCCCN(C)C(=O)C(O)C(O)C(O)C(O)CO. The molecule has 0 heterocycles. The topological polar surface area (TPSA) is 121 Å². The van der Waals surface area contributed by atoms with E-state index in [9.17, 15) is 25.2 Å². The summed E-state index contributed by atoms with van der Waals surface area (Å²) in [6.45, 7) is 1.87. The van der Waals surface area contributed by atoms with Gasteiger partial charge in [0, 0.05) is 13.6 Å². The minimum absolute atomic E-state index is 0.455. The van der Waals surface area contributed by atoms with E-state index in [-0.39, 0.29) is 0 Å². The van der Waals surface area contributed by atoms with Crippen LogP contribution < -0.4 is 0 Å². The van der Waals surface area contributed by atoms with Crippen LogP contribution in [0.3, 0.4) is 0 Å². The van der Waals surface area contributed by atoms with Crippen molar-refractivity contribution in [2.75, 3.05) is 20.2 Å². The molecular weight excluding hydrogens is 314 g/mol. The second-order valence-corrected chi connectivity index (χ2v) is 6.41. The fourth-order valence-electron chi connectivity index (χ4n) is 2.49. The molecule has 0 saturated carbocycles. The maximum absolute atomic E-state index is 12.0. The number of amides is 1. The van der Waals surface area contributed by atoms with E-state index in [0.29, 0.717) is 6.54 Å². The van der Waals surface area contributed by atoms with Gasteiger partial charge in [-0.3, -0.25) is 4.79 Å². The Kier molecular flexibility index (Phi) is 13.1. The van der Waals surface area contributed by atoms with Crippen LogP contribution in [0.4, 0.5) is 0 Å². The van der Waals surface area contributed by atoms with Crippen molar-refractivity contribution in [3.05, 3.63) is 0 Å².